The summed E-state index contributed by atoms with van der Waals surface area (Å²) in [5.74, 6) is 2.34. The van der Waals surface area contributed by atoms with Gasteiger partial charge in [0.05, 0.1) is 5.39 Å². The zero-order valence-electron chi connectivity index (χ0n) is 20.3. The molecule has 1 saturated heterocycles. The molecule has 0 radical (unpaired) electrons. The molecular formula is C25H31IN6O2. The summed E-state index contributed by atoms with van der Waals surface area (Å²) in [5.41, 5.74) is 1.66. The molecule has 8 nitrogen and oxygen atoms in total. The lowest BCUT2D eigenvalue weighted by Crippen LogP contribution is -2.59. The smallest absolute Gasteiger partial charge is 0.410 e. The highest BCUT2D eigenvalue weighted by molar-refractivity contribution is 14.1. The molecule has 5 rings (SSSR count). The molecular weight excluding hydrogens is 543 g/mol. The van der Waals surface area contributed by atoms with Crippen molar-refractivity contribution in [3.05, 3.63) is 40.0 Å². The van der Waals surface area contributed by atoms with Crippen LogP contribution >= 0.6 is 22.6 Å². The average molecular weight is 574 g/mol. The fourth-order valence-corrected chi connectivity index (χ4v) is 5.13. The second-order valence-electron chi connectivity index (χ2n) is 10.4. The van der Waals surface area contributed by atoms with E-state index < -0.39 is 5.60 Å². The van der Waals surface area contributed by atoms with Gasteiger partial charge in [-0.3, -0.25) is 4.57 Å². The van der Waals surface area contributed by atoms with E-state index in [0.29, 0.717) is 19.0 Å². The van der Waals surface area contributed by atoms with Crippen molar-refractivity contribution in [1.82, 2.24) is 24.4 Å². The van der Waals surface area contributed by atoms with Crippen LogP contribution in [0.15, 0.2) is 30.9 Å². The molecule has 1 amide bonds. The summed E-state index contributed by atoms with van der Waals surface area (Å²) in [6.07, 6.45) is 7.80. The van der Waals surface area contributed by atoms with Crippen molar-refractivity contribution in [3.63, 3.8) is 0 Å². The van der Waals surface area contributed by atoms with Crippen LogP contribution in [0.2, 0.25) is 0 Å². The van der Waals surface area contributed by atoms with Crippen molar-refractivity contribution in [2.75, 3.05) is 18.0 Å². The molecule has 2 fully saturated rings. The minimum absolute atomic E-state index is 0.0000976. The molecule has 0 N–H and O–H groups in total. The fourth-order valence-electron chi connectivity index (χ4n) is 4.69. The summed E-state index contributed by atoms with van der Waals surface area (Å²) in [4.78, 5) is 31.1. The number of nitrogens with zero attached hydrogens (tertiary/aromatic N) is 6. The molecule has 2 atom stereocenters. The van der Waals surface area contributed by atoms with Crippen LogP contribution in [-0.2, 0) is 4.74 Å². The Morgan fingerprint density at radius 2 is 1.88 bits per heavy atom. The molecule has 0 bridgehead atoms. The third kappa shape index (κ3) is 4.46. The van der Waals surface area contributed by atoms with Gasteiger partial charge in [-0.1, -0.05) is 0 Å². The number of hydrogen-bond acceptors (Lipinski definition) is 6. The number of piperazine rings is 1. The molecule has 0 aromatic carbocycles. The third-order valence-corrected chi connectivity index (χ3v) is 7.12. The number of fused-ring (bicyclic) bond motifs is 1. The van der Waals surface area contributed by atoms with Crippen LogP contribution in [0.4, 0.5) is 10.6 Å². The SMILES string of the molecule is C[C@@H]1CN(c2ncnc3c2c(C2CC2)cn3-c2cc(I)ccn2)[C@@H](C)CN1C(=O)OC(C)(C)C. The van der Waals surface area contributed by atoms with Crippen molar-refractivity contribution in [2.24, 2.45) is 0 Å². The first-order chi connectivity index (χ1) is 16.1. The number of anilines is 1. The van der Waals surface area contributed by atoms with Gasteiger partial charge in [0.25, 0.3) is 0 Å². The molecule has 0 unspecified atom stereocenters. The van der Waals surface area contributed by atoms with Crippen molar-refractivity contribution in [2.45, 2.75) is 71.1 Å². The molecule has 9 heteroatoms. The number of ether oxygens (including phenoxy) is 1. The van der Waals surface area contributed by atoms with E-state index in [1.54, 1.807) is 6.33 Å². The number of rotatable bonds is 3. The Balaban J connectivity index is 1.53. The number of aromatic nitrogens is 4. The van der Waals surface area contributed by atoms with Gasteiger partial charge in [-0.05, 0) is 93.7 Å². The van der Waals surface area contributed by atoms with E-state index in [9.17, 15) is 4.79 Å². The van der Waals surface area contributed by atoms with E-state index in [1.165, 1.54) is 18.4 Å². The third-order valence-electron chi connectivity index (χ3n) is 6.45. The first kappa shape index (κ1) is 23.3. The highest BCUT2D eigenvalue weighted by Gasteiger charge is 2.37. The Kier molecular flexibility index (Phi) is 5.94. The van der Waals surface area contributed by atoms with E-state index >= 15 is 0 Å². The van der Waals surface area contributed by atoms with Gasteiger partial charge >= 0.3 is 6.09 Å². The first-order valence-corrected chi connectivity index (χ1v) is 12.9. The zero-order valence-corrected chi connectivity index (χ0v) is 22.5. The van der Waals surface area contributed by atoms with Gasteiger partial charge in [0.2, 0.25) is 0 Å². The van der Waals surface area contributed by atoms with Crippen LogP contribution < -0.4 is 4.90 Å². The van der Waals surface area contributed by atoms with E-state index in [-0.39, 0.29) is 18.2 Å². The number of pyridine rings is 1. The number of halogens is 1. The lowest BCUT2D eigenvalue weighted by molar-refractivity contribution is 0.0130. The van der Waals surface area contributed by atoms with Crippen LogP contribution in [0, 0.1) is 3.57 Å². The number of hydrogen-bond donors (Lipinski definition) is 0. The molecule has 1 aliphatic heterocycles. The Bertz CT molecular complexity index is 1230. The predicted molar refractivity (Wildman–Crippen MR) is 141 cm³/mol. The summed E-state index contributed by atoms with van der Waals surface area (Å²) in [6, 6.07) is 4.15. The van der Waals surface area contributed by atoms with Gasteiger partial charge in [0.15, 0.2) is 5.65 Å². The van der Waals surface area contributed by atoms with Crippen LogP contribution in [0.25, 0.3) is 16.9 Å². The maximum Gasteiger partial charge on any atom is 0.410 e. The molecule has 4 heterocycles. The summed E-state index contributed by atoms with van der Waals surface area (Å²) < 4.78 is 8.89. The van der Waals surface area contributed by atoms with Crippen LogP contribution in [0.1, 0.15) is 58.9 Å². The Labute approximate surface area is 213 Å². The van der Waals surface area contributed by atoms with Gasteiger partial charge in [0, 0.05) is 41.1 Å². The molecule has 180 valence electrons. The number of amides is 1. The van der Waals surface area contributed by atoms with E-state index in [1.807, 2.05) is 37.9 Å². The molecule has 0 spiro atoms. The second kappa shape index (κ2) is 8.66. The minimum atomic E-state index is -0.513. The molecule has 34 heavy (non-hydrogen) atoms. The molecule has 2 aliphatic rings. The lowest BCUT2D eigenvalue weighted by atomic mass is 10.1. The van der Waals surface area contributed by atoms with Gasteiger partial charge < -0.3 is 14.5 Å². The molecule has 3 aromatic rings. The van der Waals surface area contributed by atoms with Crippen LogP contribution in [-0.4, -0.2) is 61.3 Å². The average Bonchev–Trinajstić information content (AvgIpc) is 3.53. The predicted octanol–water partition coefficient (Wildman–Crippen LogP) is 5.13. The molecule has 1 saturated carbocycles. The highest BCUT2D eigenvalue weighted by atomic mass is 127. The van der Waals surface area contributed by atoms with Gasteiger partial charge in [-0.15, -0.1) is 0 Å². The zero-order chi connectivity index (χ0) is 24.2. The number of carbonyl (C=O) groups excluding carboxylic acids is 1. The van der Waals surface area contributed by atoms with Crippen molar-refractivity contribution in [1.29, 1.82) is 0 Å². The van der Waals surface area contributed by atoms with E-state index in [4.69, 9.17) is 14.7 Å². The Morgan fingerprint density at radius 3 is 2.56 bits per heavy atom. The standard InChI is InChI=1S/C25H31IN6O2/c1-15-12-31(24(33)34-25(3,4)5)16(2)11-30(15)22-21-19(17-6-7-17)13-32(23(21)29-14-28-22)20-10-18(26)8-9-27-20/h8-10,13-17H,6-7,11-12H2,1-5H3/t15-,16+/m0/s1. The number of carbonyl (C=O) groups is 1. The topological polar surface area (TPSA) is 76.4 Å². The van der Waals surface area contributed by atoms with Gasteiger partial charge in [-0.2, -0.15) is 0 Å². The quantitative estimate of drug-likeness (QED) is 0.404. The van der Waals surface area contributed by atoms with Crippen LogP contribution in [0.3, 0.4) is 0 Å². The fraction of sp³-hybridized carbons (Fsp3) is 0.520. The maximum atomic E-state index is 12.8. The van der Waals surface area contributed by atoms with E-state index in [0.717, 1.165) is 26.2 Å². The first-order valence-electron chi connectivity index (χ1n) is 11.9. The highest BCUT2D eigenvalue weighted by Crippen LogP contribution is 2.46. The van der Waals surface area contributed by atoms with Crippen LogP contribution in [0.5, 0.6) is 0 Å². The minimum Gasteiger partial charge on any atom is -0.444 e. The molecule has 1 aliphatic carbocycles. The van der Waals surface area contributed by atoms with Crippen molar-refractivity contribution < 1.29 is 9.53 Å². The largest absolute Gasteiger partial charge is 0.444 e. The summed E-state index contributed by atoms with van der Waals surface area (Å²) >= 11 is 2.31. The maximum absolute atomic E-state index is 12.8. The second-order valence-corrected chi connectivity index (χ2v) is 11.7. The van der Waals surface area contributed by atoms with Crippen molar-refractivity contribution in [3.8, 4) is 5.82 Å². The lowest BCUT2D eigenvalue weighted by Gasteiger charge is -2.44. The van der Waals surface area contributed by atoms with E-state index in [2.05, 4.69) is 63.2 Å². The Morgan fingerprint density at radius 1 is 1.12 bits per heavy atom. The summed E-state index contributed by atoms with van der Waals surface area (Å²) in [6.45, 7) is 11.2. The monoisotopic (exact) mass is 574 g/mol. The van der Waals surface area contributed by atoms with Crippen molar-refractivity contribution >= 4 is 45.5 Å². The molecule has 3 aromatic heterocycles. The summed E-state index contributed by atoms with van der Waals surface area (Å²) in [5, 5.41) is 1.11. The van der Waals surface area contributed by atoms with Gasteiger partial charge in [-0.25, -0.2) is 19.7 Å². The van der Waals surface area contributed by atoms with Gasteiger partial charge in [0.1, 0.15) is 23.6 Å². The normalized spacial score (nSPS) is 21.2. The Hall–Kier alpha value is -2.43. The summed E-state index contributed by atoms with van der Waals surface area (Å²) in [7, 11) is 0.